The van der Waals surface area contributed by atoms with Gasteiger partial charge in [-0.05, 0) is 12.5 Å². The molecule has 1 unspecified atom stereocenters. The SMILES string of the molecule is CCC1N=C(c2ccn(C)n2)NC1=O. The fourth-order valence-electron chi connectivity index (χ4n) is 1.39. The minimum Gasteiger partial charge on any atom is -0.307 e. The third-order valence-corrected chi connectivity index (χ3v) is 2.17. The Bertz CT molecular complexity index is 393. The van der Waals surface area contributed by atoms with Crippen molar-refractivity contribution in [1.82, 2.24) is 15.1 Å². The zero-order valence-corrected chi connectivity index (χ0v) is 8.19. The number of aliphatic imine (C=N–C) groups is 1. The molecule has 0 aliphatic carbocycles. The Morgan fingerprint density at radius 2 is 2.43 bits per heavy atom. The van der Waals surface area contributed by atoms with E-state index in [1.807, 2.05) is 26.2 Å². The van der Waals surface area contributed by atoms with Gasteiger partial charge < -0.3 is 5.32 Å². The van der Waals surface area contributed by atoms with Crippen LogP contribution in [-0.2, 0) is 11.8 Å². The standard InChI is InChI=1S/C9H12N4O/c1-3-6-9(14)11-8(10-6)7-4-5-13(2)12-7/h4-6H,3H2,1-2H3,(H,10,11,14). The molecule has 5 heteroatoms. The number of nitrogens with zero attached hydrogens (tertiary/aromatic N) is 3. The second-order valence-corrected chi connectivity index (χ2v) is 3.27. The van der Waals surface area contributed by atoms with E-state index in [1.54, 1.807) is 4.68 Å². The highest BCUT2D eigenvalue weighted by molar-refractivity contribution is 6.12. The number of hydrogen-bond acceptors (Lipinski definition) is 3. The van der Waals surface area contributed by atoms with E-state index in [0.29, 0.717) is 5.84 Å². The van der Waals surface area contributed by atoms with Gasteiger partial charge in [0.2, 0.25) is 5.91 Å². The minimum atomic E-state index is -0.244. The van der Waals surface area contributed by atoms with Crippen LogP contribution in [0.25, 0.3) is 0 Å². The highest BCUT2D eigenvalue weighted by Crippen LogP contribution is 2.08. The number of carbonyl (C=O) groups is 1. The maximum atomic E-state index is 11.3. The van der Waals surface area contributed by atoms with Gasteiger partial charge in [-0.15, -0.1) is 0 Å². The molecule has 74 valence electrons. The lowest BCUT2D eigenvalue weighted by Gasteiger charge is -1.96. The van der Waals surface area contributed by atoms with Crippen molar-refractivity contribution < 1.29 is 4.79 Å². The van der Waals surface area contributed by atoms with E-state index in [9.17, 15) is 4.79 Å². The summed E-state index contributed by atoms with van der Waals surface area (Å²) in [5.41, 5.74) is 0.719. The van der Waals surface area contributed by atoms with Crippen LogP contribution < -0.4 is 5.32 Å². The van der Waals surface area contributed by atoms with Crippen molar-refractivity contribution in [3.63, 3.8) is 0 Å². The first kappa shape index (κ1) is 8.93. The predicted octanol–water partition coefficient (Wildman–Crippen LogP) is 0.0751. The Labute approximate surface area is 81.8 Å². The molecule has 0 spiro atoms. The summed E-state index contributed by atoms with van der Waals surface area (Å²) in [6.45, 7) is 1.94. The van der Waals surface area contributed by atoms with Gasteiger partial charge in [0.15, 0.2) is 5.84 Å². The lowest BCUT2D eigenvalue weighted by atomic mass is 10.2. The van der Waals surface area contributed by atoms with Crippen LogP contribution in [0.1, 0.15) is 19.0 Å². The summed E-state index contributed by atoms with van der Waals surface area (Å²) in [5.74, 6) is 0.551. The van der Waals surface area contributed by atoms with Crippen LogP contribution in [0.5, 0.6) is 0 Å². The first-order chi connectivity index (χ1) is 6.70. The molecule has 1 aliphatic heterocycles. The molecule has 1 aliphatic rings. The van der Waals surface area contributed by atoms with Gasteiger partial charge in [-0.25, -0.2) is 0 Å². The molecule has 1 aromatic heterocycles. The second kappa shape index (κ2) is 3.25. The lowest BCUT2D eigenvalue weighted by molar-refractivity contribution is -0.120. The van der Waals surface area contributed by atoms with Crippen LogP contribution in [0.3, 0.4) is 0 Å². The number of nitrogens with one attached hydrogen (secondary N) is 1. The van der Waals surface area contributed by atoms with Crippen molar-refractivity contribution in [2.75, 3.05) is 0 Å². The molecule has 0 saturated heterocycles. The van der Waals surface area contributed by atoms with Gasteiger partial charge in [0, 0.05) is 13.2 Å². The average Bonchev–Trinajstić information content (AvgIpc) is 2.71. The van der Waals surface area contributed by atoms with Gasteiger partial charge in [0.1, 0.15) is 11.7 Å². The van der Waals surface area contributed by atoms with E-state index in [1.165, 1.54) is 0 Å². The summed E-state index contributed by atoms with van der Waals surface area (Å²) >= 11 is 0. The molecule has 2 heterocycles. The molecule has 5 nitrogen and oxygen atoms in total. The highest BCUT2D eigenvalue weighted by atomic mass is 16.2. The van der Waals surface area contributed by atoms with Crippen molar-refractivity contribution in [3.05, 3.63) is 18.0 Å². The fraction of sp³-hybridized carbons (Fsp3) is 0.444. The van der Waals surface area contributed by atoms with Gasteiger partial charge in [-0.1, -0.05) is 6.92 Å². The van der Waals surface area contributed by atoms with Crippen molar-refractivity contribution in [2.24, 2.45) is 12.0 Å². The van der Waals surface area contributed by atoms with Crippen LogP contribution in [0.2, 0.25) is 0 Å². The normalized spacial score (nSPS) is 20.9. The number of amides is 1. The molecule has 1 amide bonds. The smallest absolute Gasteiger partial charge is 0.250 e. The Kier molecular flexibility index (Phi) is 2.07. The van der Waals surface area contributed by atoms with Crippen LogP contribution in [0.4, 0.5) is 0 Å². The Hall–Kier alpha value is -1.65. The third-order valence-electron chi connectivity index (χ3n) is 2.17. The number of rotatable bonds is 2. The lowest BCUT2D eigenvalue weighted by Crippen LogP contribution is -2.29. The first-order valence-electron chi connectivity index (χ1n) is 4.59. The molecule has 0 saturated carbocycles. The van der Waals surface area contributed by atoms with Gasteiger partial charge in [-0.3, -0.25) is 14.5 Å². The van der Waals surface area contributed by atoms with E-state index in [2.05, 4.69) is 15.4 Å². The van der Waals surface area contributed by atoms with Gasteiger partial charge in [-0.2, -0.15) is 5.10 Å². The summed E-state index contributed by atoms with van der Waals surface area (Å²) < 4.78 is 1.68. The number of aryl methyl sites for hydroxylation is 1. The quantitative estimate of drug-likeness (QED) is 0.721. The molecule has 14 heavy (non-hydrogen) atoms. The van der Waals surface area contributed by atoms with Gasteiger partial charge >= 0.3 is 0 Å². The summed E-state index contributed by atoms with van der Waals surface area (Å²) in [4.78, 5) is 15.6. The number of hydrogen-bond donors (Lipinski definition) is 1. The Morgan fingerprint density at radius 1 is 1.64 bits per heavy atom. The zero-order chi connectivity index (χ0) is 10.1. The molecule has 0 fully saturated rings. The maximum absolute atomic E-state index is 11.3. The van der Waals surface area contributed by atoms with Crippen molar-refractivity contribution in [1.29, 1.82) is 0 Å². The van der Waals surface area contributed by atoms with Crippen molar-refractivity contribution in [3.8, 4) is 0 Å². The van der Waals surface area contributed by atoms with E-state index in [-0.39, 0.29) is 11.9 Å². The molecule has 0 bridgehead atoms. The average molecular weight is 192 g/mol. The number of carbonyl (C=O) groups excluding carboxylic acids is 1. The van der Waals surface area contributed by atoms with Crippen molar-refractivity contribution in [2.45, 2.75) is 19.4 Å². The summed E-state index contributed by atoms with van der Waals surface area (Å²) in [6.07, 6.45) is 2.55. The van der Waals surface area contributed by atoms with E-state index < -0.39 is 0 Å². The largest absolute Gasteiger partial charge is 0.307 e. The zero-order valence-electron chi connectivity index (χ0n) is 8.19. The molecule has 0 radical (unpaired) electrons. The number of amidine groups is 1. The summed E-state index contributed by atoms with van der Waals surface area (Å²) in [6, 6.07) is 1.59. The van der Waals surface area contributed by atoms with Crippen LogP contribution in [0, 0.1) is 0 Å². The Morgan fingerprint density at radius 3 is 2.93 bits per heavy atom. The summed E-state index contributed by atoms with van der Waals surface area (Å²) in [5, 5.41) is 6.89. The molecular weight excluding hydrogens is 180 g/mol. The maximum Gasteiger partial charge on any atom is 0.250 e. The minimum absolute atomic E-state index is 0.0341. The van der Waals surface area contributed by atoms with E-state index >= 15 is 0 Å². The van der Waals surface area contributed by atoms with Crippen LogP contribution >= 0.6 is 0 Å². The molecule has 1 N–H and O–H groups in total. The van der Waals surface area contributed by atoms with E-state index in [4.69, 9.17) is 0 Å². The van der Waals surface area contributed by atoms with Crippen LogP contribution in [-0.4, -0.2) is 27.6 Å². The monoisotopic (exact) mass is 192 g/mol. The topological polar surface area (TPSA) is 59.3 Å². The van der Waals surface area contributed by atoms with Crippen molar-refractivity contribution >= 4 is 11.7 Å². The fourth-order valence-corrected chi connectivity index (χ4v) is 1.39. The Balaban J connectivity index is 2.25. The van der Waals surface area contributed by atoms with E-state index in [0.717, 1.165) is 12.1 Å². The summed E-state index contributed by atoms with van der Waals surface area (Å²) in [7, 11) is 1.83. The highest BCUT2D eigenvalue weighted by Gasteiger charge is 2.26. The second-order valence-electron chi connectivity index (χ2n) is 3.27. The number of aromatic nitrogens is 2. The molecule has 1 atom stereocenters. The molecule has 2 rings (SSSR count). The van der Waals surface area contributed by atoms with Crippen LogP contribution in [0.15, 0.2) is 17.3 Å². The predicted molar refractivity (Wildman–Crippen MR) is 52.0 cm³/mol. The molecule has 1 aromatic rings. The molecule has 0 aromatic carbocycles. The molecular formula is C9H12N4O. The van der Waals surface area contributed by atoms with Gasteiger partial charge in [0.25, 0.3) is 0 Å². The first-order valence-corrected chi connectivity index (χ1v) is 4.59. The van der Waals surface area contributed by atoms with Gasteiger partial charge in [0.05, 0.1) is 0 Å². The third kappa shape index (κ3) is 1.41.